The van der Waals surface area contributed by atoms with E-state index in [1.165, 1.54) is 18.2 Å². The standard InChI is InChI=1S/C16H17NO3/c1-19-16(18)15-7-6-14(20-15)11-17-9-8-12-4-2-3-5-13(12)10-17/h2-7H,8-11H2,1H3. The zero-order valence-electron chi connectivity index (χ0n) is 11.5. The average molecular weight is 271 g/mol. The molecule has 1 aromatic carbocycles. The van der Waals surface area contributed by atoms with Gasteiger partial charge in [-0.05, 0) is 29.7 Å². The van der Waals surface area contributed by atoms with Crippen LogP contribution >= 0.6 is 0 Å². The Morgan fingerprint density at radius 3 is 2.85 bits per heavy atom. The molecule has 0 atom stereocenters. The molecule has 0 aliphatic carbocycles. The number of nitrogens with zero attached hydrogens (tertiary/aromatic N) is 1. The second-order valence-electron chi connectivity index (χ2n) is 4.99. The number of esters is 1. The fourth-order valence-electron chi connectivity index (χ4n) is 2.58. The summed E-state index contributed by atoms with van der Waals surface area (Å²) in [6, 6.07) is 12.0. The molecular weight excluding hydrogens is 254 g/mol. The number of rotatable bonds is 3. The molecule has 0 radical (unpaired) electrons. The number of benzene rings is 1. The Balaban J connectivity index is 1.68. The van der Waals surface area contributed by atoms with Crippen molar-refractivity contribution in [3.63, 3.8) is 0 Å². The van der Waals surface area contributed by atoms with Gasteiger partial charge < -0.3 is 9.15 Å². The lowest BCUT2D eigenvalue weighted by atomic mass is 10.00. The van der Waals surface area contributed by atoms with E-state index < -0.39 is 5.97 Å². The maximum absolute atomic E-state index is 11.4. The smallest absolute Gasteiger partial charge is 0.373 e. The summed E-state index contributed by atoms with van der Waals surface area (Å²) in [5.74, 6) is 0.630. The number of furan rings is 1. The maximum atomic E-state index is 11.4. The third-order valence-corrected chi connectivity index (χ3v) is 3.64. The monoisotopic (exact) mass is 271 g/mol. The van der Waals surface area contributed by atoms with Crippen molar-refractivity contribution in [3.8, 4) is 0 Å². The fraction of sp³-hybridized carbons (Fsp3) is 0.312. The van der Waals surface area contributed by atoms with Crippen LogP contribution in [0.1, 0.15) is 27.4 Å². The van der Waals surface area contributed by atoms with Gasteiger partial charge in [0.15, 0.2) is 0 Å². The lowest BCUT2D eigenvalue weighted by molar-refractivity contribution is 0.0561. The minimum absolute atomic E-state index is 0.264. The molecule has 1 aliphatic rings. The first-order chi connectivity index (χ1) is 9.76. The number of carbonyl (C=O) groups excluding carboxylic acids is 1. The summed E-state index contributed by atoms with van der Waals surface area (Å²) in [4.78, 5) is 13.7. The third-order valence-electron chi connectivity index (χ3n) is 3.64. The molecular formula is C16H17NO3. The van der Waals surface area contributed by atoms with Crippen LogP contribution in [0.3, 0.4) is 0 Å². The first-order valence-corrected chi connectivity index (χ1v) is 6.72. The molecule has 2 heterocycles. The predicted molar refractivity (Wildman–Crippen MR) is 74.3 cm³/mol. The van der Waals surface area contributed by atoms with Gasteiger partial charge in [0.1, 0.15) is 5.76 Å². The van der Waals surface area contributed by atoms with Gasteiger partial charge in [-0.15, -0.1) is 0 Å². The summed E-state index contributed by atoms with van der Waals surface area (Å²) in [7, 11) is 1.35. The van der Waals surface area contributed by atoms with E-state index in [9.17, 15) is 4.79 Å². The van der Waals surface area contributed by atoms with E-state index >= 15 is 0 Å². The number of hydrogen-bond donors (Lipinski definition) is 0. The highest BCUT2D eigenvalue weighted by Gasteiger charge is 2.18. The second-order valence-corrected chi connectivity index (χ2v) is 4.99. The molecule has 0 N–H and O–H groups in total. The molecule has 0 saturated heterocycles. The summed E-state index contributed by atoms with van der Waals surface area (Å²) < 4.78 is 10.2. The van der Waals surface area contributed by atoms with Gasteiger partial charge in [-0.3, -0.25) is 4.90 Å². The first-order valence-electron chi connectivity index (χ1n) is 6.72. The van der Waals surface area contributed by atoms with Crippen LogP contribution in [0.15, 0.2) is 40.8 Å². The Kier molecular flexibility index (Phi) is 3.56. The fourth-order valence-corrected chi connectivity index (χ4v) is 2.58. The van der Waals surface area contributed by atoms with E-state index in [4.69, 9.17) is 4.42 Å². The van der Waals surface area contributed by atoms with E-state index in [2.05, 4.69) is 33.9 Å². The first kappa shape index (κ1) is 12.9. The van der Waals surface area contributed by atoms with Crippen molar-refractivity contribution in [3.05, 3.63) is 59.0 Å². The SMILES string of the molecule is COC(=O)c1ccc(CN2CCc3ccccc3C2)o1. The van der Waals surface area contributed by atoms with E-state index in [0.717, 1.165) is 25.3 Å². The molecule has 0 saturated carbocycles. The highest BCUT2D eigenvalue weighted by molar-refractivity contribution is 5.86. The summed E-state index contributed by atoms with van der Waals surface area (Å²) in [6.45, 7) is 2.64. The Hall–Kier alpha value is -2.07. The molecule has 0 bridgehead atoms. The van der Waals surface area contributed by atoms with Crippen molar-refractivity contribution in [1.29, 1.82) is 0 Å². The molecule has 0 unspecified atom stereocenters. The Morgan fingerprint density at radius 2 is 2.05 bits per heavy atom. The molecule has 0 fully saturated rings. The molecule has 0 amide bonds. The Labute approximate surface area is 118 Å². The van der Waals surface area contributed by atoms with Crippen molar-refractivity contribution < 1.29 is 13.9 Å². The lowest BCUT2D eigenvalue weighted by Crippen LogP contribution is -2.29. The van der Waals surface area contributed by atoms with Gasteiger partial charge in [-0.25, -0.2) is 4.79 Å². The minimum atomic E-state index is -0.430. The van der Waals surface area contributed by atoms with Gasteiger partial charge >= 0.3 is 5.97 Å². The van der Waals surface area contributed by atoms with Gasteiger partial charge in [0.25, 0.3) is 0 Å². The van der Waals surface area contributed by atoms with Crippen molar-refractivity contribution in [2.45, 2.75) is 19.5 Å². The summed E-state index contributed by atoms with van der Waals surface area (Å²) in [5.41, 5.74) is 2.80. The van der Waals surface area contributed by atoms with Crippen LogP contribution in [0.2, 0.25) is 0 Å². The lowest BCUT2D eigenvalue weighted by Gasteiger charge is -2.27. The topological polar surface area (TPSA) is 42.7 Å². The molecule has 104 valence electrons. The van der Waals surface area contributed by atoms with Crippen molar-refractivity contribution in [1.82, 2.24) is 4.90 Å². The highest BCUT2D eigenvalue weighted by atomic mass is 16.5. The van der Waals surface area contributed by atoms with Crippen LogP contribution in [0.4, 0.5) is 0 Å². The number of methoxy groups -OCH3 is 1. The molecule has 4 heteroatoms. The zero-order valence-corrected chi connectivity index (χ0v) is 11.5. The van der Waals surface area contributed by atoms with Gasteiger partial charge in [0.05, 0.1) is 13.7 Å². The molecule has 0 spiro atoms. The largest absolute Gasteiger partial charge is 0.463 e. The summed E-state index contributed by atoms with van der Waals surface area (Å²) in [5, 5.41) is 0. The van der Waals surface area contributed by atoms with Gasteiger partial charge in [-0.2, -0.15) is 0 Å². The quantitative estimate of drug-likeness (QED) is 0.805. The molecule has 3 rings (SSSR count). The van der Waals surface area contributed by atoms with Crippen LogP contribution in [-0.4, -0.2) is 24.5 Å². The van der Waals surface area contributed by atoms with Crippen molar-refractivity contribution >= 4 is 5.97 Å². The van der Waals surface area contributed by atoms with Crippen LogP contribution in [-0.2, 0) is 24.2 Å². The Bertz CT molecular complexity index is 618. The maximum Gasteiger partial charge on any atom is 0.373 e. The van der Waals surface area contributed by atoms with Crippen LogP contribution in [0, 0.1) is 0 Å². The van der Waals surface area contributed by atoms with Gasteiger partial charge in [0, 0.05) is 13.1 Å². The molecule has 1 aromatic heterocycles. The van der Waals surface area contributed by atoms with E-state index in [1.807, 2.05) is 6.07 Å². The zero-order chi connectivity index (χ0) is 13.9. The van der Waals surface area contributed by atoms with E-state index in [1.54, 1.807) is 6.07 Å². The van der Waals surface area contributed by atoms with Crippen LogP contribution < -0.4 is 0 Å². The molecule has 2 aromatic rings. The minimum Gasteiger partial charge on any atom is -0.463 e. The van der Waals surface area contributed by atoms with E-state index in [0.29, 0.717) is 6.54 Å². The molecule has 4 nitrogen and oxygen atoms in total. The van der Waals surface area contributed by atoms with Crippen LogP contribution in [0.5, 0.6) is 0 Å². The van der Waals surface area contributed by atoms with Crippen molar-refractivity contribution in [2.75, 3.05) is 13.7 Å². The predicted octanol–water partition coefficient (Wildman–Crippen LogP) is 2.62. The highest BCUT2D eigenvalue weighted by Crippen LogP contribution is 2.21. The van der Waals surface area contributed by atoms with Gasteiger partial charge in [-0.1, -0.05) is 24.3 Å². The number of carbonyl (C=O) groups is 1. The summed E-state index contributed by atoms with van der Waals surface area (Å²) in [6.07, 6.45) is 1.06. The second kappa shape index (κ2) is 5.51. The van der Waals surface area contributed by atoms with E-state index in [-0.39, 0.29) is 5.76 Å². The number of fused-ring (bicyclic) bond motifs is 1. The third kappa shape index (κ3) is 2.60. The van der Waals surface area contributed by atoms with Crippen LogP contribution in [0.25, 0.3) is 0 Å². The number of hydrogen-bond acceptors (Lipinski definition) is 4. The summed E-state index contributed by atoms with van der Waals surface area (Å²) >= 11 is 0. The average Bonchev–Trinajstić information content (AvgIpc) is 2.95. The Morgan fingerprint density at radius 1 is 1.25 bits per heavy atom. The molecule has 20 heavy (non-hydrogen) atoms. The molecule has 1 aliphatic heterocycles. The normalized spacial score (nSPS) is 14.8. The van der Waals surface area contributed by atoms with Gasteiger partial charge in [0.2, 0.25) is 5.76 Å². The number of ether oxygens (including phenoxy) is 1. The van der Waals surface area contributed by atoms with Crippen molar-refractivity contribution in [2.24, 2.45) is 0 Å².